The lowest BCUT2D eigenvalue weighted by Crippen LogP contribution is -2.35. The highest BCUT2D eigenvalue weighted by atomic mass is 35.5. The number of ether oxygens (including phenoxy) is 1. The lowest BCUT2D eigenvalue weighted by molar-refractivity contribution is 0.237. The first-order chi connectivity index (χ1) is 16.0. The van der Waals surface area contributed by atoms with Crippen LogP contribution in [0.5, 0.6) is 5.75 Å². The zero-order valence-electron chi connectivity index (χ0n) is 17.3. The van der Waals surface area contributed by atoms with E-state index >= 15 is 0 Å². The number of carbonyl (C=O) groups excluding carboxylic acids is 2. The second-order valence-corrected chi connectivity index (χ2v) is 6.92. The van der Waals surface area contributed by atoms with Crippen LogP contribution in [-0.4, -0.2) is 35.2 Å². The average Bonchev–Trinajstić information content (AvgIpc) is 3.33. The van der Waals surface area contributed by atoms with Crippen LogP contribution in [0.4, 0.5) is 26.9 Å². The number of anilines is 2. The number of rotatable bonds is 9. The van der Waals surface area contributed by atoms with Crippen molar-refractivity contribution in [2.45, 2.75) is 13.0 Å². The summed E-state index contributed by atoms with van der Waals surface area (Å²) in [5.41, 5.74) is 0.356. The van der Waals surface area contributed by atoms with Crippen molar-refractivity contribution in [3.8, 4) is 5.75 Å². The first kappa shape index (κ1) is 23.4. The van der Waals surface area contributed by atoms with Crippen LogP contribution < -0.4 is 26.0 Å². The van der Waals surface area contributed by atoms with Gasteiger partial charge in [0.15, 0.2) is 12.0 Å². The third kappa shape index (κ3) is 7.71. The minimum absolute atomic E-state index is 0.121. The Bertz CT molecular complexity index is 1110. The molecule has 4 N–H and O–H groups in total. The van der Waals surface area contributed by atoms with Crippen molar-refractivity contribution >= 4 is 41.0 Å². The van der Waals surface area contributed by atoms with Crippen LogP contribution in [0.2, 0.25) is 5.02 Å². The van der Waals surface area contributed by atoms with Crippen molar-refractivity contribution in [3.63, 3.8) is 0 Å². The van der Waals surface area contributed by atoms with Crippen molar-refractivity contribution in [1.82, 2.24) is 20.6 Å². The number of urea groups is 2. The molecule has 2 aromatic heterocycles. The van der Waals surface area contributed by atoms with E-state index in [0.29, 0.717) is 48.3 Å². The van der Waals surface area contributed by atoms with Crippen molar-refractivity contribution in [2.24, 2.45) is 0 Å². The summed E-state index contributed by atoms with van der Waals surface area (Å²) in [5.74, 6) is 1.37. The fourth-order valence-electron chi connectivity index (χ4n) is 2.54. The third-order valence-corrected chi connectivity index (χ3v) is 4.29. The van der Waals surface area contributed by atoms with Crippen molar-refractivity contribution in [3.05, 3.63) is 71.2 Å². The summed E-state index contributed by atoms with van der Waals surface area (Å²) in [7, 11) is 0. The van der Waals surface area contributed by atoms with Crippen LogP contribution in [0.3, 0.4) is 0 Å². The summed E-state index contributed by atoms with van der Waals surface area (Å²) < 4.78 is 10.9. The van der Waals surface area contributed by atoms with Gasteiger partial charge in [0.05, 0.1) is 31.3 Å². The maximum absolute atomic E-state index is 12.3. The van der Waals surface area contributed by atoms with Gasteiger partial charge >= 0.3 is 12.1 Å². The second-order valence-electron chi connectivity index (χ2n) is 6.48. The van der Waals surface area contributed by atoms with Crippen LogP contribution in [0.15, 0.2) is 53.4 Å². The Balaban J connectivity index is 1.43. The van der Waals surface area contributed by atoms with Gasteiger partial charge in [0, 0.05) is 11.6 Å². The van der Waals surface area contributed by atoms with Gasteiger partial charge in [-0.3, -0.25) is 5.32 Å². The summed E-state index contributed by atoms with van der Waals surface area (Å²) >= 11 is 6.04. The number of amides is 4. The number of aromatic nitrogens is 2. The molecule has 11 nitrogen and oxygen atoms in total. The molecule has 4 amide bonds. The highest BCUT2D eigenvalue weighted by Crippen LogP contribution is 2.28. The van der Waals surface area contributed by atoms with Crippen molar-refractivity contribution in [1.29, 1.82) is 0 Å². The fraction of sp³-hybridized carbons (Fsp3) is 0.190. The van der Waals surface area contributed by atoms with E-state index in [1.807, 2.05) is 0 Å². The van der Waals surface area contributed by atoms with E-state index in [9.17, 15) is 9.59 Å². The number of halogens is 1. The lowest BCUT2D eigenvalue weighted by atomic mass is 10.3. The van der Waals surface area contributed by atoms with E-state index in [2.05, 4.69) is 36.1 Å². The van der Waals surface area contributed by atoms with Crippen molar-refractivity contribution < 1.29 is 18.7 Å². The molecule has 0 radical (unpaired) electrons. The van der Waals surface area contributed by atoms with E-state index in [1.54, 1.807) is 30.3 Å². The van der Waals surface area contributed by atoms with Gasteiger partial charge in [0.1, 0.15) is 11.5 Å². The quantitative estimate of drug-likeness (QED) is 0.274. The standard InChI is InChI=1S/C21H20ClN7O4/c1-23-18-12-26-19(13-25-18)29-21(31)28-16-10-14(22)5-6-17(16)33-9-3-7-24-20(30)27-11-15-4-2-8-32-15/h2,4-6,8,10,12-13H,3,7,9,11H2,(H2,24,27,30)(H2,26,28,29,31). The van der Waals surface area contributed by atoms with E-state index in [1.165, 1.54) is 18.7 Å². The molecule has 170 valence electrons. The Labute approximate surface area is 194 Å². The maximum Gasteiger partial charge on any atom is 0.325 e. The number of carbonyl (C=O) groups is 2. The summed E-state index contributed by atoms with van der Waals surface area (Å²) in [6, 6.07) is 7.43. The monoisotopic (exact) mass is 469 g/mol. The van der Waals surface area contributed by atoms with Crippen LogP contribution in [0, 0.1) is 6.57 Å². The number of hydrogen-bond donors (Lipinski definition) is 4. The summed E-state index contributed by atoms with van der Waals surface area (Å²) in [6.45, 7) is 7.84. The van der Waals surface area contributed by atoms with Gasteiger partial charge in [0.25, 0.3) is 5.82 Å². The van der Waals surface area contributed by atoms with E-state index in [4.69, 9.17) is 27.3 Å². The van der Waals surface area contributed by atoms with E-state index in [-0.39, 0.29) is 17.7 Å². The maximum atomic E-state index is 12.3. The molecule has 0 aliphatic rings. The Morgan fingerprint density at radius 3 is 2.73 bits per heavy atom. The van der Waals surface area contributed by atoms with Crippen LogP contribution in [0.1, 0.15) is 12.2 Å². The topological polar surface area (TPSA) is 135 Å². The number of nitrogens with zero attached hydrogens (tertiary/aromatic N) is 3. The molecule has 0 saturated heterocycles. The molecule has 0 saturated carbocycles. The number of furan rings is 1. The molecular weight excluding hydrogens is 450 g/mol. The molecule has 0 unspecified atom stereocenters. The molecular formula is C21H20ClN7O4. The van der Waals surface area contributed by atoms with Gasteiger partial charge in [0.2, 0.25) is 0 Å². The molecule has 0 aliphatic heterocycles. The molecule has 3 rings (SSSR count). The van der Waals surface area contributed by atoms with Gasteiger partial charge in [-0.2, -0.15) is 0 Å². The van der Waals surface area contributed by atoms with Gasteiger partial charge in [-0.1, -0.05) is 18.2 Å². The molecule has 0 bridgehead atoms. The highest BCUT2D eigenvalue weighted by molar-refractivity contribution is 6.31. The smallest absolute Gasteiger partial charge is 0.325 e. The van der Waals surface area contributed by atoms with Gasteiger partial charge < -0.3 is 29.9 Å². The summed E-state index contributed by atoms with van der Waals surface area (Å²) in [4.78, 5) is 35.0. The highest BCUT2D eigenvalue weighted by Gasteiger charge is 2.11. The molecule has 33 heavy (non-hydrogen) atoms. The van der Waals surface area contributed by atoms with Crippen molar-refractivity contribution in [2.75, 3.05) is 23.8 Å². The first-order valence-electron chi connectivity index (χ1n) is 9.77. The Hall–Kier alpha value is -4.30. The SMILES string of the molecule is [C-]#[N+]c1cnc(NC(=O)Nc2cc(Cl)ccc2OCCCNC(=O)NCc2ccco2)cn1. The van der Waals surface area contributed by atoms with E-state index < -0.39 is 6.03 Å². The molecule has 1 aromatic carbocycles. The van der Waals surface area contributed by atoms with Crippen LogP contribution in [0.25, 0.3) is 4.85 Å². The number of benzene rings is 1. The van der Waals surface area contributed by atoms with Gasteiger partial charge in [-0.05, 0) is 36.8 Å². The molecule has 12 heteroatoms. The molecule has 0 spiro atoms. The van der Waals surface area contributed by atoms with Gasteiger partial charge in [-0.25, -0.2) is 14.6 Å². The minimum Gasteiger partial charge on any atom is -0.491 e. The summed E-state index contributed by atoms with van der Waals surface area (Å²) in [5, 5.41) is 11.0. The molecule has 3 aromatic rings. The normalized spacial score (nSPS) is 10.1. The zero-order valence-corrected chi connectivity index (χ0v) is 18.1. The molecule has 0 atom stereocenters. The minimum atomic E-state index is -0.582. The van der Waals surface area contributed by atoms with Gasteiger partial charge in [-0.15, -0.1) is 4.98 Å². The lowest BCUT2D eigenvalue weighted by Gasteiger charge is -2.13. The molecule has 2 heterocycles. The van der Waals surface area contributed by atoms with E-state index in [0.717, 1.165) is 0 Å². The molecule has 0 fully saturated rings. The Morgan fingerprint density at radius 2 is 2.00 bits per heavy atom. The van der Waals surface area contributed by atoms with Crippen LogP contribution in [-0.2, 0) is 6.54 Å². The number of nitrogens with one attached hydrogen (secondary N) is 4. The second kappa shape index (κ2) is 11.9. The Kier molecular flexibility index (Phi) is 8.44. The summed E-state index contributed by atoms with van der Waals surface area (Å²) in [6.07, 6.45) is 4.60. The Morgan fingerprint density at radius 1 is 1.12 bits per heavy atom. The third-order valence-electron chi connectivity index (χ3n) is 4.05. The molecule has 0 aliphatic carbocycles. The zero-order chi connectivity index (χ0) is 23.5. The predicted octanol–water partition coefficient (Wildman–Crippen LogP) is 4.19. The number of hydrogen-bond acceptors (Lipinski definition) is 6. The largest absolute Gasteiger partial charge is 0.491 e. The predicted molar refractivity (Wildman–Crippen MR) is 121 cm³/mol. The average molecular weight is 470 g/mol. The first-order valence-corrected chi connectivity index (χ1v) is 10.2. The van der Waals surface area contributed by atoms with Crippen LogP contribution >= 0.6 is 11.6 Å². The fourth-order valence-corrected chi connectivity index (χ4v) is 2.71.